The summed E-state index contributed by atoms with van der Waals surface area (Å²) in [4.78, 5) is 12.4. The standard InChI is InChI=1S/C19H27F3N2O3S/c1-4-18(2,3)28(26,27)24-16-9-5-13(6-10-16)17(25)23-15-11-7-14(8-12-15)19(20,21)22/h7-8,11-13,16,24H,4-6,9-10H2,1-3H3,(H,23,25). The number of anilines is 1. The average molecular weight is 420 g/mol. The molecule has 1 amide bonds. The fraction of sp³-hybridized carbons (Fsp3) is 0.632. The molecule has 1 aliphatic carbocycles. The molecule has 158 valence electrons. The van der Waals surface area contributed by atoms with Gasteiger partial charge in [-0.1, -0.05) is 6.92 Å². The minimum absolute atomic E-state index is 0.203. The zero-order chi connectivity index (χ0) is 21.2. The molecule has 2 rings (SSSR count). The second-order valence-electron chi connectivity index (χ2n) is 7.85. The second kappa shape index (κ2) is 8.41. The molecule has 1 aromatic carbocycles. The molecule has 0 heterocycles. The first-order valence-electron chi connectivity index (χ1n) is 9.36. The fourth-order valence-electron chi connectivity index (χ4n) is 3.03. The van der Waals surface area contributed by atoms with Crippen molar-refractivity contribution < 1.29 is 26.4 Å². The lowest BCUT2D eigenvalue weighted by Crippen LogP contribution is -2.47. The summed E-state index contributed by atoms with van der Waals surface area (Å²) in [5, 5.41) is 2.64. The molecule has 0 atom stereocenters. The number of hydrogen-bond donors (Lipinski definition) is 2. The van der Waals surface area contributed by atoms with Crippen molar-refractivity contribution in [2.75, 3.05) is 5.32 Å². The number of rotatable bonds is 6. The van der Waals surface area contributed by atoms with Gasteiger partial charge in [0.1, 0.15) is 0 Å². The largest absolute Gasteiger partial charge is 0.416 e. The maximum atomic E-state index is 12.6. The van der Waals surface area contributed by atoms with Gasteiger partial charge in [0.15, 0.2) is 0 Å². The highest BCUT2D eigenvalue weighted by Crippen LogP contribution is 2.31. The summed E-state index contributed by atoms with van der Waals surface area (Å²) in [6.45, 7) is 5.18. The molecule has 0 bridgehead atoms. The van der Waals surface area contributed by atoms with Crippen LogP contribution in [0, 0.1) is 5.92 Å². The number of carbonyl (C=O) groups excluding carboxylic acids is 1. The van der Waals surface area contributed by atoms with Crippen LogP contribution in [0.5, 0.6) is 0 Å². The number of carbonyl (C=O) groups is 1. The van der Waals surface area contributed by atoms with Gasteiger partial charge in [-0.05, 0) is 70.2 Å². The summed E-state index contributed by atoms with van der Waals surface area (Å²) in [6.07, 6.45) is -1.79. The summed E-state index contributed by atoms with van der Waals surface area (Å²) >= 11 is 0. The normalized spacial score (nSPS) is 21.4. The minimum atomic E-state index is -4.42. The fourth-order valence-corrected chi connectivity index (χ4v) is 4.40. The van der Waals surface area contributed by atoms with Crippen LogP contribution in [0.15, 0.2) is 24.3 Å². The van der Waals surface area contributed by atoms with Crippen molar-refractivity contribution in [1.82, 2.24) is 4.72 Å². The van der Waals surface area contributed by atoms with Gasteiger partial charge in [0.2, 0.25) is 15.9 Å². The Kier molecular flexibility index (Phi) is 6.81. The Morgan fingerprint density at radius 2 is 1.61 bits per heavy atom. The highest BCUT2D eigenvalue weighted by atomic mass is 32.2. The Morgan fingerprint density at radius 3 is 2.07 bits per heavy atom. The molecule has 2 N–H and O–H groups in total. The highest BCUT2D eigenvalue weighted by Gasteiger charge is 2.36. The molecule has 1 aliphatic rings. The van der Waals surface area contributed by atoms with Crippen LogP contribution in [0.1, 0.15) is 58.4 Å². The van der Waals surface area contributed by atoms with Gasteiger partial charge in [0, 0.05) is 17.6 Å². The van der Waals surface area contributed by atoms with E-state index in [2.05, 4.69) is 10.0 Å². The first kappa shape index (κ1) is 22.7. The van der Waals surface area contributed by atoms with Crippen molar-refractivity contribution >= 4 is 21.6 Å². The van der Waals surface area contributed by atoms with Gasteiger partial charge in [-0.2, -0.15) is 13.2 Å². The summed E-state index contributed by atoms with van der Waals surface area (Å²) in [7, 11) is -3.45. The van der Waals surface area contributed by atoms with Gasteiger partial charge in [0.25, 0.3) is 0 Å². The summed E-state index contributed by atoms with van der Waals surface area (Å²) < 4.78 is 64.5. The molecule has 28 heavy (non-hydrogen) atoms. The summed E-state index contributed by atoms with van der Waals surface area (Å²) in [5.74, 6) is -0.544. The van der Waals surface area contributed by atoms with E-state index in [4.69, 9.17) is 0 Å². The Bertz CT molecular complexity index is 782. The molecule has 1 saturated carbocycles. The van der Waals surface area contributed by atoms with Crippen LogP contribution in [0.2, 0.25) is 0 Å². The molecule has 0 aliphatic heterocycles. The minimum Gasteiger partial charge on any atom is -0.326 e. The van der Waals surface area contributed by atoms with E-state index in [0.29, 0.717) is 37.8 Å². The van der Waals surface area contributed by atoms with Gasteiger partial charge < -0.3 is 5.32 Å². The van der Waals surface area contributed by atoms with Crippen molar-refractivity contribution in [1.29, 1.82) is 0 Å². The number of benzene rings is 1. The molecule has 1 aromatic rings. The van der Waals surface area contributed by atoms with Crippen LogP contribution in [0.4, 0.5) is 18.9 Å². The van der Waals surface area contributed by atoms with Crippen LogP contribution in [0.3, 0.4) is 0 Å². The maximum Gasteiger partial charge on any atom is 0.416 e. The third kappa shape index (κ3) is 5.47. The second-order valence-corrected chi connectivity index (χ2v) is 10.2. The number of nitrogens with one attached hydrogen (secondary N) is 2. The molecule has 5 nitrogen and oxygen atoms in total. The van der Waals surface area contributed by atoms with E-state index in [1.807, 2.05) is 6.92 Å². The zero-order valence-corrected chi connectivity index (χ0v) is 17.1. The maximum absolute atomic E-state index is 12.6. The number of sulfonamides is 1. The molecular weight excluding hydrogens is 393 g/mol. The molecule has 9 heteroatoms. The monoisotopic (exact) mass is 420 g/mol. The van der Waals surface area contributed by atoms with Crippen LogP contribution in [0.25, 0.3) is 0 Å². The smallest absolute Gasteiger partial charge is 0.326 e. The molecule has 0 radical (unpaired) electrons. The van der Waals surface area contributed by atoms with Gasteiger partial charge in [0.05, 0.1) is 10.3 Å². The molecule has 0 aromatic heterocycles. The predicted octanol–water partition coefficient (Wildman–Crippen LogP) is 4.31. The van der Waals surface area contributed by atoms with Gasteiger partial charge >= 0.3 is 6.18 Å². The van der Waals surface area contributed by atoms with E-state index in [1.165, 1.54) is 12.1 Å². The van der Waals surface area contributed by atoms with Crippen molar-refractivity contribution in [3.05, 3.63) is 29.8 Å². The van der Waals surface area contributed by atoms with Crippen LogP contribution < -0.4 is 10.0 Å². The number of hydrogen-bond acceptors (Lipinski definition) is 3. The summed E-state index contributed by atoms with van der Waals surface area (Å²) in [6, 6.07) is 4.11. The third-order valence-corrected chi connectivity index (χ3v) is 7.87. The van der Waals surface area contributed by atoms with Gasteiger partial charge in [-0.15, -0.1) is 0 Å². The van der Waals surface area contributed by atoms with Gasteiger partial charge in [-0.3, -0.25) is 4.79 Å². The van der Waals surface area contributed by atoms with E-state index in [9.17, 15) is 26.4 Å². The molecule has 0 saturated heterocycles. The molecule has 0 spiro atoms. The van der Waals surface area contributed by atoms with E-state index in [0.717, 1.165) is 12.1 Å². The molecule has 0 unspecified atom stereocenters. The van der Waals surface area contributed by atoms with Gasteiger partial charge in [-0.25, -0.2) is 13.1 Å². The number of alkyl halides is 3. The Labute approximate surface area is 164 Å². The number of amides is 1. The SMILES string of the molecule is CCC(C)(C)S(=O)(=O)NC1CCC(C(=O)Nc2ccc(C(F)(F)F)cc2)CC1. The van der Waals surface area contributed by atoms with E-state index < -0.39 is 26.5 Å². The summed E-state index contributed by atoms with van der Waals surface area (Å²) in [5.41, 5.74) is -0.459. The topological polar surface area (TPSA) is 75.3 Å². The Hall–Kier alpha value is -1.61. The van der Waals surface area contributed by atoms with Crippen molar-refractivity contribution in [2.24, 2.45) is 5.92 Å². The Balaban J connectivity index is 1.88. The van der Waals surface area contributed by atoms with Crippen molar-refractivity contribution in [2.45, 2.75) is 69.8 Å². The van der Waals surface area contributed by atoms with E-state index in [1.54, 1.807) is 13.8 Å². The van der Waals surface area contributed by atoms with Crippen LogP contribution in [-0.4, -0.2) is 25.1 Å². The third-order valence-electron chi connectivity index (χ3n) is 5.48. The van der Waals surface area contributed by atoms with Crippen molar-refractivity contribution in [3.63, 3.8) is 0 Å². The lowest BCUT2D eigenvalue weighted by molar-refractivity contribution is -0.137. The molecular formula is C19H27F3N2O3S. The quantitative estimate of drug-likeness (QED) is 0.720. The predicted molar refractivity (Wildman–Crippen MR) is 102 cm³/mol. The number of halogens is 3. The van der Waals surface area contributed by atoms with E-state index in [-0.39, 0.29) is 17.9 Å². The van der Waals surface area contributed by atoms with E-state index >= 15 is 0 Å². The van der Waals surface area contributed by atoms with Crippen LogP contribution in [-0.2, 0) is 21.0 Å². The zero-order valence-electron chi connectivity index (χ0n) is 16.3. The Morgan fingerprint density at radius 1 is 1.07 bits per heavy atom. The van der Waals surface area contributed by atoms with Crippen LogP contribution >= 0.6 is 0 Å². The average Bonchev–Trinajstić information content (AvgIpc) is 2.61. The lowest BCUT2D eigenvalue weighted by Gasteiger charge is -2.31. The highest BCUT2D eigenvalue weighted by molar-refractivity contribution is 7.90. The molecule has 1 fully saturated rings. The first-order chi connectivity index (χ1) is 12.9. The first-order valence-corrected chi connectivity index (χ1v) is 10.8. The van der Waals surface area contributed by atoms with Crippen molar-refractivity contribution in [3.8, 4) is 0 Å². The lowest BCUT2D eigenvalue weighted by atomic mass is 9.86.